The predicted molar refractivity (Wildman–Crippen MR) is 85.2 cm³/mol. The lowest BCUT2D eigenvalue weighted by molar-refractivity contribution is -0.116. The van der Waals surface area contributed by atoms with Crippen LogP contribution in [-0.2, 0) is 14.6 Å². The molecule has 114 valence electrons. The average molecular weight is 374 g/mol. The minimum atomic E-state index is -2.95. The first-order valence-electron chi connectivity index (χ1n) is 6.73. The third kappa shape index (κ3) is 2.79. The molecule has 3 rings (SSSR count). The van der Waals surface area contributed by atoms with Gasteiger partial charge in [-0.1, -0.05) is 0 Å². The molecule has 3 N–H and O–H groups in total. The molecule has 1 amide bonds. The molecule has 1 atom stereocenters. The number of nitrogens with zero attached hydrogens (tertiary/aromatic N) is 1. The van der Waals surface area contributed by atoms with E-state index in [-0.39, 0.29) is 17.4 Å². The first-order valence-corrected chi connectivity index (χ1v) is 9.34. The smallest absolute Gasteiger partial charge is 0.245 e. The molecule has 1 aromatic carbocycles. The van der Waals surface area contributed by atoms with Gasteiger partial charge in [-0.15, -0.1) is 0 Å². The SMILES string of the molecule is NC1C(=O)Nc2cc(N3CCCS(=O)(=O)CC3)c(Br)cc21. The van der Waals surface area contributed by atoms with Crippen LogP contribution in [0.15, 0.2) is 16.6 Å². The highest BCUT2D eigenvalue weighted by atomic mass is 79.9. The summed E-state index contributed by atoms with van der Waals surface area (Å²) in [5.74, 6) is 0.170. The summed E-state index contributed by atoms with van der Waals surface area (Å²) in [7, 11) is -2.95. The third-order valence-electron chi connectivity index (χ3n) is 3.89. The van der Waals surface area contributed by atoms with Gasteiger partial charge in [0.2, 0.25) is 5.91 Å². The van der Waals surface area contributed by atoms with Crippen molar-refractivity contribution in [1.82, 2.24) is 0 Å². The second-order valence-corrected chi connectivity index (χ2v) is 8.51. The molecule has 0 saturated carbocycles. The van der Waals surface area contributed by atoms with Crippen molar-refractivity contribution in [3.8, 4) is 0 Å². The van der Waals surface area contributed by atoms with Crippen LogP contribution in [0.2, 0.25) is 0 Å². The number of hydrogen-bond donors (Lipinski definition) is 2. The van der Waals surface area contributed by atoms with Crippen LogP contribution in [0.25, 0.3) is 0 Å². The number of hydrogen-bond acceptors (Lipinski definition) is 5. The van der Waals surface area contributed by atoms with Crippen molar-refractivity contribution < 1.29 is 13.2 Å². The summed E-state index contributed by atoms with van der Waals surface area (Å²) >= 11 is 3.50. The van der Waals surface area contributed by atoms with Crippen molar-refractivity contribution in [3.63, 3.8) is 0 Å². The standard InChI is InChI=1S/C13H16BrN3O3S/c14-9-6-8-10(16-13(18)12(8)15)7-11(9)17-2-1-4-21(19,20)5-3-17/h6-7,12H,1-5,15H2,(H,16,18). The number of amides is 1. The Kier molecular flexibility index (Phi) is 3.71. The fraction of sp³-hybridized carbons (Fsp3) is 0.462. The van der Waals surface area contributed by atoms with Crippen LogP contribution in [0, 0.1) is 0 Å². The number of nitrogens with two attached hydrogens (primary N) is 1. The van der Waals surface area contributed by atoms with Gasteiger partial charge in [0.05, 0.1) is 17.2 Å². The number of carbonyl (C=O) groups excluding carboxylic acids is 1. The number of halogens is 1. The average Bonchev–Trinajstić information content (AvgIpc) is 2.59. The van der Waals surface area contributed by atoms with Crippen LogP contribution in [-0.4, -0.2) is 38.9 Å². The summed E-state index contributed by atoms with van der Waals surface area (Å²) in [4.78, 5) is 13.7. The van der Waals surface area contributed by atoms with Gasteiger partial charge in [0, 0.05) is 28.8 Å². The molecule has 1 unspecified atom stereocenters. The van der Waals surface area contributed by atoms with Gasteiger partial charge in [-0.25, -0.2) is 8.42 Å². The molecule has 2 heterocycles. The molecule has 0 aromatic heterocycles. The summed E-state index contributed by atoms with van der Waals surface area (Å²) in [6, 6.07) is 3.06. The fourth-order valence-corrected chi connectivity index (χ4v) is 4.60. The van der Waals surface area contributed by atoms with Crippen molar-refractivity contribution in [2.45, 2.75) is 12.5 Å². The van der Waals surface area contributed by atoms with E-state index in [2.05, 4.69) is 21.2 Å². The monoisotopic (exact) mass is 373 g/mol. The molecule has 2 aliphatic rings. The lowest BCUT2D eigenvalue weighted by Crippen LogP contribution is -2.27. The maximum absolute atomic E-state index is 11.7. The minimum Gasteiger partial charge on any atom is -0.370 e. The van der Waals surface area contributed by atoms with Gasteiger partial charge in [-0.2, -0.15) is 0 Å². The van der Waals surface area contributed by atoms with E-state index in [9.17, 15) is 13.2 Å². The number of carbonyl (C=O) groups is 1. The molecule has 0 radical (unpaired) electrons. The Hall–Kier alpha value is -1.12. The van der Waals surface area contributed by atoms with E-state index in [1.807, 2.05) is 17.0 Å². The Morgan fingerprint density at radius 2 is 2.05 bits per heavy atom. The molecule has 0 spiro atoms. The number of rotatable bonds is 1. The molecule has 21 heavy (non-hydrogen) atoms. The van der Waals surface area contributed by atoms with Gasteiger partial charge in [0.1, 0.15) is 6.04 Å². The summed E-state index contributed by atoms with van der Waals surface area (Å²) in [6.45, 7) is 1.14. The lowest BCUT2D eigenvalue weighted by Gasteiger charge is -2.24. The molecular formula is C13H16BrN3O3S. The molecule has 6 nitrogen and oxygen atoms in total. The predicted octanol–water partition coefficient (Wildman–Crippen LogP) is 1.03. The molecule has 0 aliphatic carbocycles. The highest BCUT2D eigenvalue weighted by Crippen LogP contribution is 2.38. The second-order valence-electron chi connectivity index (χ2n) is 5.35. The Bertz CT molecular complexity index is 705. The van der Waals surface area contributed by atoms with Gasteiger partial charge >= 0.3 is 0 Å². The topological polar surface area (TPSA) is 92.5 Å². The summed E-state index contributed by atoms with van der Waals surface area (Å²) < 4.78 is 24.2. The largest absolute Gasteiger partial charge is 0.370 e. The van der Waals surface area contributed by atoms with Gasteiger partial charge in [0.25, 0.3) is 0 Å². The summed E-state index contributed by atoms with van der Waals surface area (Å²) in [5.41, 5.74) is 8.18. The minimum absolute atomic E-state index is 0.155. The second kappa shape index (κ2) is 5.26. The zero-order chi connectivity index (χ0) is 15.2. The molecule has 1 aromatic rings. The van der Waals surface area contributed by atoms with Gasteiger partial charge < -0.3 is 16.0 Å². The number of fused-ring (bicyclic) bond motifs is 1. The van der Waals surface area contributed by atoms with E-state index in [1.54, 1.807) is 0 Å². The normalized spacial score (nSPS) is 24.4. The maximum atomic E-state index is 11.7. The Morgan fingerprint density at radius 3 is 2.81 bits per heavy atom. The van der Waals surface area contributed by atoms with Crippen LogP contribution in [0.5, 0.6) is 0 Å². The van der Waals surface area contributed by atoms with Crippen LogP contribution < -0.4 is 16.0 Å². The van der Waals surface area contributed by atoms with E-state index >= 15 is 0 Å². The third-order valence-corrected chi connectivity index (χ3v) is 6.24. The lowest BCUT2D eigenvalue weighted by atomic mass is 10.1. The van der Waals surface area contributed by atoms with Crippen LogP contribution in [0.4, 0.5) is 11.4 Å². The van der Waals surface area contributed by atoms with Gasteiger partial charge in [-0.05, 0) is 34.5 Å². The number of benzene rings is 1. The quantitative estimate of drug-likeness (QED) is 0.766. The first-order chi connectivity index (χ1) is 9.87. The van der Waals surface area contributed by atoms with Crippen molar-refractivity contribution in [1.29, 1.82) is 0 Å². The van der Waals surface area contributed by atoms with E-state index in [1.165, 1.54) is 0 Å². The van der Waals surface area contributed by atoms with Gasteiger partial charge in [0.15, 0.2) is 9.84 Å². The molecule has 8 heteroatoms. The number of anilines is 2. The molecule has 1 fully saturated rings. The van der Waals surface area contributed by atoms with Gasteiger partial charge in [-0.3, -0.25) is 4.79 Å². The van der Waals surface area contributed by atoms with Crippen molar-refractivity contribution in [2.24, 2.45) is 5.73 Å². The Labute approximate surface area is 131 Å². The van der Waals surface area contributed by atoms with Crippen molar-refractivity contribution in [2.75, 3.05) is 34.8 Å². The highest BCUT2D eigenvalue weighted by molar-refractivity contribution is 9.10. The zero-order valence-corrected chi connectivity index (χ0v) is 13.7. The molecule has 0 bridgehead atoms. The number of nitrogens with one attached hydrogen (secondary N) is 1. The molecule has 2 aliphatic heterocycles. The van der Waals surface area contributed by atoms with E-state index < -0.39 is 15.9 Å². The zero-order valence-electron chi connectivity index (χ0n) is 11.3. The Morgan fingerprint density at radius 1 is 1.29 bits per heavy atom. The van der Waals surface area contributed by atoms with Crippen LogP contribution >= 0.6 is 15.9 Å². The van der Waals surface area contributed by atoms with Crippen LogP contribution in [0.3, 0.4) is 0 Å². The van der Waals surface area contributed by atoms with E-state index in [4.69, 9.17) is 5.73 Å². The van der Waals surface area contributed by atoms with E-state index in [0.717, 1.165) is 15.7 Å². The Balaban J connectivity index is 1.93. The number of sulfone groups is 1. The van der Waals surface area contributed by atoms with E-state index in [0.29, 0.717) is 25.2 Å². The highest BCUT2D eigenvalue weighted by Gasteiger charge is 2.29. The van der Waals surface area contributed by atoms with Crippen molar-refractivity contribution >= 4 is 43.0 Å². The molecule has 1 saturated heterocycles. The maximum Gasteiger partial charge on any atom is 0.245 e. The first kappa shape index (κ1) is 14.8. The molecular weight excluding hydrogens is 358 g/mol. The summed E-state index contributed by atoms with van der Waals surface area (Å²) in [6.07, 6.45) is 0.609. The van der Waals surface area contributed by atoms with Crippen LogP contribution in [0.1, 0.15) is 18.0 Å². The fourth-order valence-electron chi connectivity index (χ4n) is 2.72. The summed E-state index contributed by atoms with van der Waals surface area (Å²) in [5, 5.41) is 2.76. The van der Waals surface area contributed by atoms with Crippen molar-refractivity contribution in [3.05, 3.63) is 22.2 Å².